The van der Waals surface area contributed by atoms with Gasteiger partial charge in [0.05, 0.1) is 30.0 Å². The minimum absolute atomic E-state index is 0.0898. The molecule has 1 amide bonds. The number of thioether (sulfide) groups is 2. The minimum atomic E-state index is 0.0898. The molecular formula is C23H26N2O3S3. The summed E-state index contributed by atoms with van der Waals surface area (Å²) in [6.45, 7) is 1.35. The Morgan fingerprint density at radius 2 is 2.06 bits per heavy atom. The summed E-state index contributed by atoms with van der Waals surface area (Å²) in [6, 6.07) is 14.2. The van der Waals surface area contributed by atoms with Gasteiger partial charge in [-0.3, -0.25) is 9.69 Å². The zero-order chi connectivity index (χ0) is 21.6. The molecule has 31 heavy (non-hydrogen) atoms. The molecule has 0 spiro atoms. The standard InChI is InChI=1S/C23H26N2O3S3/c1-27-16-5-7-18(8-6-16)30-13-11-22(26)25(15-17-4-3-12-28-17)23-24-20-10-9-19(29-2)14-21(20)31-23/h5-10,14,17H,3-4,11-13,15H2,1-2H3. The van der Waals surface area contributed by atoms with Gasteiger partial charge in [0.15, 0.2) is 5.13 Å². The van der Waals surface area contributed by atoms with Crippen molar-refractivity contribution < 1.29 is 14.3 Å². The predicted molar refractivity (Wildman–Crippen MR) is 131 cm³/mol. The van der Waals surface area contributed by atoms with Gasteiger partial charge in [-0.05, 0) is 61.6 Å². The molecule has 3 aromatic rings. The van der Waals surface area contributed by atoms with Crippen LogP contribution in [-0.4, -0.2) is 49.3 Å². The van der Waals surface area contributed by atoms with E-state index in [4.69, 9.17) is 14.5 Å². The third-order valence-electron chi connectivity index (χ3n) is 5.17. The second-order valence-corrected chi connectivity index (χ2v) is 10.3. The molecule has 1 saturated heterocycles. The number of rotatable bonds is 9. The summed E-state index contributed by atoms with van der Waals surface area (Å²) in [4.78, 5) is 22.2. The number of aromatic nitrogens is 1. The number of ether oxygens (including phenoxy) is 2. The molecule has 2 aromatic carbocycles. The van der Waals surface area contributed by atoms with Crippen LogP contribution in [0.5, 0.6) is 5.75 Å². The molecule has 0 saturated carbocycles. The Morgan fingerprint density at radius 3 is 2.77 bits per heavy atom. The number of amides is 1. The third kappa shape index (κ3) is 5.74. The first-order valence-electron chi connectivity index (χ1n) is 10.3. The van der Waals surface area contributed by atoms with Crippen LogP contribution in [-0.2, 0) is 9.53 Å². The van der Waals surface area contributed by atoms with Crippen LogP contribution in [0.4, 0.5) is 5.13 Å². The lowest BCUT2D eigenvalue weighted by atomic mass is 10.2. The molecule has 1 aliphatic heterocycles. The number of carbonyl (C=O) groups is 1. The molecule has 1 aliphatic rings. The van der Waals surface area contributed by atoms with E-state index in [9.17, 15) is 4.79 Å². The lowest BCUT2D eigenvalue weighted by Crippen LogP contribution is -2.37. The molecule has 5 nitrogen and oxygen atoms in total. The van der Waals surface area contributed by atoms with E-state index in [0.29, 0.717) is 18.7 Å². The molecule has 0 bridgehead atoms. The van der Waals surface area contributed by atoms with Crippen molar-refractivity contribution in [3.05, 3.63) is 42.5 Å². The second-order valence-electron chi connectivity index (χ2n) is 7.24. The summed E-state index contributed by atoms with van der Waals surface area (Å²) in [5.74, 6) is 1.65. The largest absolute Gasteiger partial charge is 0.497 e. The topological polar surface area (TPSA) is 51.7 Å². The van der Waals surface area contributed by atoms with Crippen LogP contribution in [0.2, 0.25) is 0 Å². The highest BCUT2D eigenvalue weighted by Crippen LogP contribution is 2.33. The van der Waals surface area contributed by atoms with E-state index < -0.39 is 0 Å². The predicted octanol–water partition coefficient (Wildman–Crippen LogP) is 5.72. The monoisotopic (exact) mass is 474 g/mol. The van der Waals surface area contributed by atoms with Crippen LogP contribution >= 0.6 is 34.9 Å². The van der Waals surface area contributed by atoms with E-state index in [1.54, 1.807) is 42.0 Å². The number of nitrogens with zero attached hydrogens (tertiary/aromatic N) is 2. The van der Waals surface area contributed by atoms with Crippen LogP contribution in [0.25, 0.3) is 10.2 Å². The van der Waals surface area contributed by atoms with Gasteiger partial charge in [-0.15, -0.1) is 23.5 Å². The summed E-state index contributed by atoms with van der Waals surface area (Å²) in [5, 5.41) is 0.767. The Labute approximate surface area is 195 Å². The van der Waals surface area contributed by atoms with Crippen molar-refractivity contribution in [1.82, 2.24) is 4.98 Å². The number of hydrogen-bond donors (Lipinski definition) is 0. The SMILES string of the molecule is COc1ccc(SCCC(=O)N(CC2CCCO2)c2nc3ccc(SC)cc3s2)cc1. The first kappa shape index (κ1) is 22.5. The Hall–Kier alpha value is -1.74. The maximum absolute atomic E-state index is 13.2. The fourth-order valence-corrected chi connectivity index (χ4v) is 5.86. The van der Waals surface area contributed by atoms with Gasteiger partial charge in [0, 0.05) is 28.6 Å². The summed E-state index contributed by atoms with van der Waals surface area (Å²) < 4.78 is 12.1. The molecule has 1 atom stereocenters. The van der Waals surface area contributed by atoms with Gasteiger partial charge >= 0.3 is 0 Å². The molecule has 8 heteroatoms. The number of carbonyl (C=O) groups excluding carboxylic acids is 1. The highest BCUT2D eigenvalue weighted by Gasteiger charge is 2.26. The molecular weight excluding hydrogens is 448 g/mol. The van der Waals surface area contributed by atoms with Gasteiger partial charge in [0.1, 0.15) is 5.75 Å². The van der Waals surface area contributed by atoms with Crippen molar-refractivity contribution in [1.29, 1.82) is 0 Å². The first-order chi connectivity index (χ1) is 15.2. The molecule has 0 N–H and O–H groups in total. The van der Waals surface area contributed by atoms with Gasteiger partial charge in [-0.2, -0.15) is 0 Å². The van der Waals surface area contributed by atoms with Gasteiger partial charge in [-0.25, -0.2) is 4.98 Å². The molecule has 0 radical (unpaired) electrons. The van der Waals surface area contributed by atoms with Crippen molar-refractivity contribution in [2.24, 2.45) is 0 Å². The smallest absolute Gasteiger partial charge is 0.229 e. The highest BCUT2D eigenvalue weighted by atomic mass is 32.2. The molecule has 1 fully saturated rings. The molecule has 1 unspecified atom stereocenters. The van der Waals surface area contributed by atoms with Crippen LogP contribution < -0.4 is 9.64 Å². The van der Waals surface area contributed by atoms with Gasteiger partial charge in [0.2, 0.25) is 5.91 Å². The molecule has 164 valence electrons. The second kappa shape index (κ2) is 10.7. The normalized spacial score (nSPS) is 16.0. The van der Waals surface area contributed by atoms with E-state index in [0.717, 1.165) is 45.4 Å². The summed E-state index contributed by atoms with van der Waals surface area (Å²) in [5.41, 5.74) is 0.940. The average Bonchev–Trinajstić information content (AvgIpc) is 3.46. The van der Waals surface area contributed by atoms with Crippen molar-refractivity contribution in [3.8, 4) is 5.75 Å². The van der Waals surface area contributed by atoms with Gasteiger partial charge in [-0.1, -0.05) is 11.3 Å². The number of anilines is 1. The van der Waals surface area contributed by atoms with Crippen LogP contribution in [0, 0.1) is 0 Å². The van der Waals surface area contributed by atoms with Gasteiger partial charge < -0.3 is 9.47 Å². The maximum Gasteiger partial charge on any atom is 0.229 e. The van der Waals surface area contributed by atoms with Crippen molar-refractivity contribution in [3.63, 3.8) is 0 Å². The highest BCUT2D eigenvalue weighted by molar-refractivity contribution is 7.99. The lowest BCUT2D eigenvalue weighted by molar-refractivity contribution is -0.118. The van der Waals surface area contributed by atoms with E-state index in [2.05, 4.69) is 18.4 Å². The van der Waals surface area contributed by atoms with Crippen LogP contribution in [0.1, 0.15) is 19.3 Å². The Bertz CT molecular complexity index is 1020. The zero-order valence-corrected chi connectivity index (χ0v) is 20.2. The van der Waals surface area contributed by atoms with Gasteiger partial charge in [0.25, 0.3) is 0 Å². The number of thiazole rings is 1. The maximum atomic E-state index is 13.2. The molecule has 4 rings (SSSR count). The molecule has 0 aliphatic carbocycles. The fourth-order valence-electron chi connectivity index (χ4n) is 3.48. The van der Waals surface area contributed by atoms with Crippen molar-refractivity contribution in [2.45, 2.75) is 35.2 Å². The first-order valence-corrected chi connectivity index (χ1v) is 13.3. The number of benzene rings is 2. The average molecular weight is 475 g/mol. The van der Waals surface area contributed by atoms with E-state index in [-0.39, 0.29) is 12.0 Å². The number of methoxy groups -OCH3 is 1. The third-order valence-corrected chi connectivity index (χ3v) is 7.95. The Kier molecular flexibility index (Phi) is 7.76. The van der Waals surface area contributed by atoms with Crippen molar-refractivity contribution >= 4 is 56.1 Å². The minimum Gasteiger partial charge on any atom is -0.497 e. The zero-order valence-electron chi connectivity index (χ0n) is 17.7. The summed E-state index contributed by atoms with van der Waals surface area (Å²) in [7, 11) is 1.66. The summed E-state index contributed by atoms with van der Waals surface area (Å²) in [6.07, 6.45) is 4.65. The Morgan fingerprint density at radius 1 is 1.26 bits per heavy atom. The van der Waals surface area contributed by atoms with Crippen molar-refractivity contribution in [2.75, 3.05) is 37.2 Å². The number of fused-ring (bicyclic) bond motifs is 1. The fraction of sp³-hybridized carbons (Fsp3) is 0.391. The molecule has 2 heterocycles. The van der Waals surface area contributed by atoms with Crippen LogP contribution in [0.15, 0.2) is 52.3 Å². The number of hydrogen-bond acceptors (Lipinski definition) is 7. The van der Waals surface area contributed by atoms with E-state index in [1.807, 2.05) is 35.2 Å². The van der Waals surface area contributed by atoms with E-state index in [1.165, 1.54) is 4.90 Å². The molecule has 1 aromatic heterocycles. The Balaban J connectivity index is 1.46. The quantitative estimate of drug-likeness (QED) is 0.370. The lowest BCUT2D eigenvalue weighted by Gasteiger charge is -2.23. The van der Waals surface area contributed by atoms with E-state index >= 15 is 0 Å². The summed E-state index contributed by atoms with van der Waals surface area (Å²) >= 11 is 4.98. The van der Waals surface area contributed by atoms with Crippen LogP contribution in [0.3, 0.4) is 0 Å².